The van der Waals surface area contributed by atoms with Crippen molar-refractivity contribution in [3.8, 4) is 11.5 Å². The summed E-state index contributed by atoms with van der Waals surface area (Å²) in [5.74, 6) is 1.74. The Bertz CT molecular complexity index is 752. The number of fused-ring (bicyclic) bond motifs is 2. The Hall–Kier alpha value is -2.14. The van der Waals surface area contributed by atoms with Crippen LogP contribution < -0.4 is 9.47 Å². The summed E-state index contributed by atoms with van der Waals surface area (Å²) in [6, 6.07) is 14.2. The zero-order valence-electron chi connectivity index (χ0n) is 13.5. The van der Waals surface area contributed by atoms with Gasteiger partial charge >= 0.3 is 0 Å². The van der Waals surface area contributed by atoms with Gasteiger partial charge in [0.1, 0.15) is 0 Å². The van der Waals surface area contributed by atoms with Gasteiger partial charge in [-0.25, -0.2) is 0 Å². The molecule has 0 fully saturated rings. The normalized spacial score (nSPS) is 17.6. The number of rotatable bonds is 4. The number of hydrogen-bond acceptors (Lipinski definition) is 4. The van der Waals surface area contributed by atoms with E-state index >= 15 is 0 Å². The Balaban J connectivity index is 1.47. The van der Waals surface area contributed by atoms with Crippen LogP contribution in [0.5, 0.6) is 11.5 Å². The van der Waals surface area contributed by atoms with Gasteiger partial charge in [-0.3, -0.25) is 4.79 Å². The third-order valence-corrected chi connectivity index (χ3v) is 5.73. The number of ether oxygens (including phenoxy) is 2. The van der Waals surface area contributed by atoms with Crippen molar-refractivity contribution in [3.63, 3.8) is 0 Å². The Kier molecular flexibility index (Phi) is 4.10. The number of nitrogens with zero attached hydrogens (tertiary/aromatic N) is 1. The van der Waals surface area contributed by atoms with Crippen molar-refractivity contribution in [2.24, 2.45) is 0 Å². The van der Waals surface area contributed by atoms with E-state index in [9.17, 15) is 4.79 Å². The second-order valence-electron chi connectivity index (χ2n) is 5.96. The van der Waals surface area contributed by atoms with Crippen LogP contribution in [0.2, 0.25) is 0 Å². The van der Waals surface area contributed by atoms with E-state index in [1.54, 1.807) is 11.8 Å². The molecule has 1 atom stereocenters. The lowest BCUT2D eigenvalue weighted by molar-refractivity contribution is -0.130. The summed E-state index contributed by atoms with van der Waals surface area (Å²) in [5.41, 5.74) is 2.34. The maximum atomic E-state index is 12.9. The minimum atomic E-state index is -0.0173. The molecule has 1 unspecified atom stereocenters. The highest BCUT2D eigenvalue weighted by molar-refractivity contribution is 8.01. The highest BCUT2D eigenvalue weighted by atomic mass is 32.2. The van der Waals surface area contributed by atoms with Crippen molar-refractivity contribution >= 4 is 17.7 Å². The third kappa shape index (κ3) is 2.84. The molecule has 5 heteroatoms. The summed E-state index contributed by atoms with van der Waals surface area (Å²) in [5, 5.41) is -0.0173. The summed E-state index contributed by atoms with van der Waals surface area (Å²) in [6.07, 6.45) is 0.817. The van der Waals surface area contributed by atoms with Crippen molar-refractivity contribution in [1.29, 1.82) is 0 Å². The van der Waals surface area contributed by atoms with Crippen LogP contribution in [0.1, 0.15) is 18.1 Å². The van der Waals surface area contributed by atoms with Crippen LogP contribution in [0, 0.1) is 0 Å². The lowest BCUT2D eigenvalue weighted by atomic mass is 10.1. The van der Waals surface area contributed by atoms with Crippen LogP contribution in [0.3, 0.4) is 0 Å². The van der Waals surface area contributed by atoms with E-state index in [0.29, 0.717) is 13.1 Å². The Morgan fingerprint density at radius 3 is 2.88 bits per heavy atom. The molecule has 0 aromatic heterocycles. The zero-order valence-corrected chi connectivity index (χ0v) is 14.3. The molecule has 24 heavy (non-hydrogen) atoms. The Morgan fingerprint density at radius 2 is 2.04 bits per heavy atom. The minimum absolute atomic E-state index is 0.0173. The predicted molar refractivity (Wildman–Crippen MR) is 93.4 cm³/mol. The Labute approximate surface area is 145 Å². The SMILES string of the molecule is CCN(Cc1ccc2c(c1)OCO2)C(=O)C1Cc2ccccc2S1. The molecule has 2 aliphatic heterocycles. The van der Waals surface area contributed by atoms with E-state index in [-0.39, 0.29) is 18.0 Å². The van der Waals surface area contributed by atoms with Gasteiger partial charge in [0.15, 0.2) is 11.5 Å². The van der Waals surface area contributed by atoms with Gasteiger partial charge in [0.25, 0.3) is 0 Å². The zero-order chi connectivity index (χ0) is 16.5. The van der Waals surface area contributed by atoms with Gasteiger partial charge < -0.3 is 14.4 Å². The molecule has 0 radical (unpaired) electrons. The predicted octanol–water partition coefficient (Wildman–Crippen LogP) is 3.48. The summed E-state index contributed by atoms with van der Waals surface area (Å²) in [4.78, 5) is 16.1. The van der Waals surface area contributed by atoms with E-state index in [1.807, 2.05) is 42.2 Å². The van der Waals surface area contributed by atoms with Crippen molar-refractivity contribution in [1.82, 2.24) is 4.90 Å². The fourth-order valence-electron chi connectivity index (χ4n) is 3.13. The Morgan fingerprint density at radius 1 is 1.21 bits per heavy atom. The number of amides is 1. The number of carbonyl (C=O) groups is 1. The fourth-order valence-corrected chi connectivity index (χ4v) is 4.41. The molecule has 0 bridgehead atoms. The van der Waals surface area contributed by atoms with Crippen LogP contribution in [0.25, 0.3) is 0 Å². The standard InChI is InChI=1S/C19H19NO3S/c1-2-20(11-13-7-8-15-16(9-13)23-12-22-15)19(21)18-10-14-5-3-4-6-17(14)24-18/h3-9,18H,2,10-12H2,1H3. The van der Waals surface area contributed by atoms with Crippen molar-refractivity contribution < 1.29 is 14.3 Å². The first kappa shape index (κ1) is 15.4. The fraction of sp³-hybridized carbons (Fsp3) is 0.316. The van der Waals surface area contributed by atoms with Gasteiger partial charge in [-0.15, -0.1) is 11.8 Å². The first-order valence-electron chi connectivity index (χ1n) is 8.16. The number of thioether (sulfide) groups is 1. The molecule has 2 aromatic carbocycles. The van der Waals surface area contributed by atoms with Crippen LogP contribution in [0.15, 0.2) is 47.4 Å². The summed E-state index contributed by atoms with van der Waals surface area (Å²) in [6.45, 7) is 3.59. The van der Waals surface area contributed by atoms with Crippen LogP contribution in [0.4, 0.5) is 0 Å². The molecule has 4 nitrogen and oxygen atoms in total. The van der Waals surface area contributed by atoms with Crippen LogP contribution in [-0.4, -0.2) is 29.4 Å². The van der Waals surface area contributed by atoms with Crippen molar-refractivity contribution in [3.05, 3.63) is 53.6 Å². The maximum Gasteiger partial charge on any atom is 0.236 e. The highest BCUT2D eigenvalue weighted by Gasteiger charge is 2.31. The average molecular weight is 341 g/mol. The first-order valence-corrected chi connectivity index (χ1v) is 9.04. The number of benzene rings is 2. The van der Waals surface area contributed by atoms with E-state index in [2.05, 4.69) is 12.1 Å². The topological polar surface area (TPSA) is 38.8 Å². The van der Waals surface area contributed by atoms with Gasteiger partial charge in [0, 0.05) is 18.0 Å². The average Bonchev–Trinajstić information content (AvgIpc) is 3.24. The van der Waals surface area contributed by atoms with E-state index < -0.39 is 0 Å². The largest absolute Gasteiger partial charge is 0.454 e. The molecule has 124 valence electrons. The lowest BCUT2D eigenvalue weighted by Crippen LogP contribution is -2.37. The van der Waals surface area contributed by atoms with E-state index in [4.69, 9.17) is 9.47 Å². The molecule has 0 spiro atoms. The maximum absolute atomic E-state index is 12.9. The summed E-state index contributed by atoms with van der Waals surface area (Å²) in [7, 11) is 0. The van der Waals surface area contributed by atoms with E-state index in [1.165, 1.54) is 10.5 Å². The van der Waals surface area contributed by atoms with Gasteiger partial charge in [-0.2, -0.15) is 0 Å². The second-order valence-corrected chi connectivity index (χ2v) is 7.20. The van der Waals surface area contributed by atoms with Crippen LogP contribution in [-0.2, 0) is 17.8 Å². The molecular weight excluding hydrogens is 322 g/mol. The molecule has 1 amide bonds. The van der Waals surface area contributed by atoms with Gasteiger partial charge in [0.2, 0.25) is 12.7 Å². The lowest BCUT2D eigenvalue weighted by Gasteiger charge is -2.24. The minimum Gasteiger partial charge on any atom is -0.454 e. The van der Waals surface area contributed by atoms with E-state index in [0.717, 1.165) is 23.5 Å². The molecular formula is C19H19NO3S. The smallest absolute Gasteiger partial charge is 0.236 e. The molecule has 0 saturated carbocycles. The summed E-state index contributed by atoms with van der Waals surface area (Å²) >= 11 is 1.68. The molecule has 2 aliphatic rings. The molecule has 0 aliphatic carbocycles. The number of carbonyl (C=O) groups excluding carboxylic acids is 1. The van der Waals surface area contributed by atoms with Gasteiger partial charge in [0.05, 0.1) is 5.25 Å². The monoisotopic (exact) mass is 341 g/mol. The van der Waals surface area contributed by atoms with Gasteiger partial charge in [-0.1, -0.05) is 24.3 Å². The quantitative estimate of drug-likeness (QED) is 0.853. The molecule has 0 N–H and O–H groups in total. The summed E-state index contributed by atoms with van der Waals surface area (Å²) < 4.78 is 10.8. The number of hydrogen-bond donors (Lipinski definition) is 0. The molecule has 0 saturated heterocycles. The molecule has 2 heterocycles. The van der Waals surface area contributed by atoms with Crippen LogP contribution >= 0.6 is 11.8 Å². The van der Waals surface area contributed by atoms with Crippen molar-refractivity contribution in [2.45, 2.75) is 30.0 Å². The molecule has 4 rings (SSSR count). The molecule has 2 aromatic rings. The van der Waals surface area contributed by atoms with Gasteiger partial charge in [-0.05, 0) is 42.7 Å². The first-order chi connectivity index (χ1) is 11.7. The van der Waals surface area contributed by atoms with Crippen molar-refractivity contribution in [2.75, 3.05) is 13.3 Å². The highest BCUT2D eigenvalue weighted by Crippen LogP contribution is 2.38. The third-order valence-electron chi connectivity index (χ3n) is 4.43. The second kappa shape index (κ2) is 6.40.